The number of aromatic nitrogens is 1. The average Bonchev–Trinajstić information content (AvgIpc) is 3.09. The average molecular weight is 529 g/mol. The number of aliphatic carboxylic acids is 2. The summed E-state index contributed by atoms with van der Waals surface area (Å²) in [6.45, 7) is 3.73. The minimum absolute atomic E-state index is 0.0157. The van der Waals surface area contributed by atoms with E-state index in [0.717, 1.165) is 10.8 Å². The zero-order valence-electron chi connectivity index (χ0n) is 19.8. The number of amides is 1. The van der Waals surface area contributed by atoms with E-state index in [4.69, 9.17) is 9.79 Å². The zero-order chi connectivity index (χ0) is 26.2. The van der Waals surface area contributed by atoms with Crippen molar-refractivity contribution in [3.8, 4) is 0 Å². The van der Waals surface area contributed by atoms with E-state index < -0.39 is 31.6 Å². The third-order valence-electron chi connectivity index (χ3n) is 5.37. The van der Waals surface area contributed by atoms with E-state index in [-0.39, 0.29) is 36.6 Å². The van der Waals surface area contributed by atoms with Crippen molar-refractivity contribution in [1.29, 1.82) is 0 Å². The molecular formula is C23H33N2O8PS. The number of thioether (sulfide) groups is 1. The molecule has 5 N–H and O–H groups in total. The van der Waals surface area contributed by atoms with Crippen LogP contribution in [0.4, 0.5) is 0 Å². The molecule has 0 saturated carbocycles. The monoisotopic (exact) mass is 528 g/mol. The third kappa shape index (κ3) is 9.33. The van der Waals surface area contributed by atoms with Gasteiger partial charge >= 0.3 is 19.5 Å². The lowest BCUT2D eigenvalue weighted by atomic mass is 10.1. The molecule has 0 aliphatic carbocycles. The van der Waals surface area contributed by atoms with Crippen LogP contribution in [-0.4, -0.2) is 60.4 Å². The number of hydrogen-bond donors (Lipinski definition) is 5. The smallest absolute Gasteiger partial charge is 0.327 e. The highest BCUT2D eigenvalue weighted by molar-refractivity contribution is 7.99. The van der Waals surface area contributed by atoms with Crippen LogP contribution in [0.2, 0.25) is 0 Å². The summed E-state index contributed by atoms with van der Waals surface area (Å²) in [5, 5.41) is 24.2. The molecule has 1 heterocycles. The standard InChI is InChI=1S/C23H33N2O8PS/c1-15(2)12-20(26)24-18(22(27)28)14-35-21-17-9-6-5-8-16(17)13-25(21)19(23(29)30)10-4-3-7-11-34(31,32)33/h5-6,8-9,13,15,18-19H,3-4,7,10-12,14H2,1-2H3,(H,24,26)(H,27,28)(H,29,30)(H2,31,32,33)/t18-,19?/m0/s1. The van der Waals surface area contributed by atoms with E-state index in [1.54, 1.807) is 10.8 Å². The number of unbranched alkanes of at least 4 members (excludes halogenated alkanes) is 2. The van der Waals surface area contributed by atoms with E-state index in [1.807, 2.05) is 38.1 Å². The number of carboxylic acids is 2. The molecule has 0 fully saturated rings. The van der Waals surface area contributed by atoms with Gasteiger partial charge in [-0.25, -0.2) is 9.59 Å². The van der Waals surface area contributed by atoms with Crippen LogP contribution in [0.3, 0.4) is 0 Å². The zero-order valence-corrected chi connectivity index (χ0v) is 21.5. The van der Waals surface area contributed by atoms with Crippen molar-refractivity contribution in [2.24, 2.45) is 5.92 Å². The molecule has 1 amide bonds. The number of hydrogen-bond acceptors (Lipinski definition) is 5. The van der Waals surface area contributed by atoms with Gasteiger partial charge in [-0.3, -0.25) is 9.36 Å². The number of nitrogens with one attached hydrogen (secondary N) is 1. The van der Waals surface area contributed by atoms with Crippen molar-refractivity contribution in [2.75, 3.05) is 11.9 Å². The highest BCUT2D eigenvalue weighted by atomic mass is 32.2. The fourth-order valence-electron chi connectivity index (χ4n) is 3.71. The van der Waals surface area contributed by atoms with Crippen LogP contribution in [-0.2, 0) is 18.9 Å². The van der Waals surface area contributed by atoms with E-state index >= 15 is 0 Å². The van der Waals surface area contributed by atoms with Crippen LogP contribution in [0.1, 0.15) is 52.0 Å². The lowest BCUT2D eigenvalue weighted by Crippen LogP contribution is -2.43. The van der Waals surface area contributed by atoms with Crippen LogP contribution >= 0.6 is 19.4 Å². The van der Waals surface area contributed by atoms with Gasteiger partial charge in [-0.2, -0.15) is 0 Å². The second kappa shape index (κ2) is 13.1. The van der Waals surface area contributed by atoms with Gasteiger partial charge in [0.25, 0.3) is 0 Å². The number of carbonyl (C=O) groups excluding carboxylic acids is 1. The first-order valence-corrected chi connectivity index (χ1v) is 14.2. The van der Waals surface area contributed by atoms with Crippen molar-refractivity contribution in [3.63, 3.8) is 0 Å². The molecule has 1 unspecified atom stereocenters. The van der Waals surface area contributed by atoms with Gasteiger partial charge in [-0.15, -0.1) is 11.8 Å². The van der Waals surface area contributed by atoms with E-state index in [0.29, 0.717) is 24.3 Å². The van der Waals surface area contributed by atoms with Crippen LogP contribution in [0.25, 0.3) is 10.8 Å². The molecule has 2 rings (SSSR count). The van der Waals surface area contributed by atoms with Gasteiger partial charge in [0.2, 0.25) is 5.91 Å². The number of carboxylic acid groups (broad SMARTS) is 2. The molecule has 12 heteroatoms. The number of fused-ring (bicyclic) bond motifs is 1. The SMILES string of the molecule is CC(C)CC(=O)N[C@@H](CSc1c2ccccc2cn1C(CCCCCP(=O)(O)O)C(=O)O)C(=O)O. The Balaban J connectivity index is 2.22. The first-order valence-electron chi connectivity index (χ1n) is 11.4. The molecule has 194 valence electrons. The highest BCUT2D eigenvalue weighted by Crippen LogP contribution is 2.37. The Labute approximate surface area is 208 Å². The molecule has 0 radical (unpaired) electrons. The number of nitrogens with zero attached hydrogens (tertiary/aromatic N) is 1. The number of benzene rings is 1. The summed E-state index contributed by atoms with van der Waals surface area (Å²) < 4.78 is 12.6. The van der Waals surface area contributed by atoms with Gasteiger partial charge < -0.3 is 29.9 Å². The maximum absolute atomic E-state index is 12.1. The van der Waals surface area contributed by atoms with E-state index in [2.05, 4.69) is 5.32 Å². The largest absolute Gasteiger partial charge is 0.480 e. The summed E-state index contributed by atoms with van der Waals surface area (Å²) in [6.07, 6.45) is 3.16. The van der Waals surface area contributed by atoms with Crippen molar-refractivity contribution in [3.05, 3.63) is 30.5 Å². The predicted molar refractivity (Wildman–Crippen MR) is 134 cm³/mol. The molecule has 1 aromatic heterocycles. The Morgan fingerprint density at radius 3 is 2.34 bits per heavy atom. The molecule has 0 bridgehead atoms. The van der Waals surface area contributed by atoms with E-state index in [9.17, 15) is 29.2 Å². The summed E-state index contributed by atoms with van der Waals surface area (Å²) >= 11 is 1.17. The number of rotatable bonds is 15. The minimum Gasteiger partial charge on any atom is -0.480 e. The third-order valence-corrected chi connectivity index (χ3v) is 7.47. The summed E-state index contributed by atoms with van der Waals surface area (Å²) in [5.74, 6) is -2.48. The molecule has 2 aromatic rings. The van der Waals surface area contributed by atoms with Crippen molar-refractivity contribution in [1.82, 2.24) is 9.88 Å². The van der Waals surface area contributed by atoms with Crippen molar-refractivity contribution >= 4 is 48.0 Å². The lowest BCUT2D eigenvalue weighted by Gasteiger charge is -2.20. The predicted octanol–water partition coefficient (Wildman–Crippen LogP) is 3.71. The maximum Gasteiger partial charge on any atom is 0.327 e. The van der Waals surface area contributed by atoms with Gasteiger partial charge in [0.15, 0.2) is 0 Å². The van der Waals surface area contributed by atoms with Crippen LogP contribution in [0.5, 0.6) is 0 Å². The second-order valence-electron chi connectivity index (χ2n) is 8.89. The fraction of sp³-hybridized carbons (Fsp3) is 0.522. The van der Waals surface area contributed by atoms with Gasteiger partial charge in [-0.1, -0.05) is 51.0 Å². The van der Waals surface area contributed by atoms with Gasteiger partial charge in [-0.05, 0) is 18.8 Å². The van der Waals surface area contributed by atoms with Gasteiger partial charge in [0.1, 0.15) is 12.1 Å². The summed E-state index contributed by atoms with van der Waals surface area (Å²) in [4.78, 5) is 54.0. The molecule has 0 aliphatic heterocycles. The Morgan fingerprint density at radius 2 is 1.74 bits per heavy atom. The van der Waals surface area contributed by atoms with Crippen LogP contribution < -0.4 is 5.32 Å². The quantitative estimate of drug-likeness (QED) is 0.132. The summed E-state index contributed by atoms with van der Waals surface area (Å²) in [6, 6.07) is 5.25. The molecule has 35 heavy (non-hydrogen) atoms. The minimum atomic E-state index is -4.08. The Kier molecular flexibility index (Phi) is 10.8. The number of carbonyl (C=O) groups is 3. The first-order chi connectivity index (χ1) is 16.4. The first kappa shape index (κ1) is 28.9. The fourth-order valence-corrected chi connectivity index (χ4v) is 5.57. The van der Waals surface area contributed by atoms with Crippen LogP contribution in [0.15, 0.2) is 35.5 Å². The van der Waals surface area contributed by atoms with Crippen LogP contribution in [0, 0.1) is 5.92 Å². The molecule has 0 spiro atoms. The molecular weight excluding hydrogens is 495 g/mol. The van der Waals surface area contributed by atoms with Crippen molar-refractivity contribution in [2.45, 2.75) is 63.1 Å². The molecule has 2 atom stereocenters. The Bertz CT molecular complexity index is 1080. The molecule has 0 aliphatic rings. The normalized spacial score (nSPS) is 13.6. The topological polar surface area (TPSA) is 166 Å². The van der Waals surface area contributed by atoms with Gasteiger partial charge in [0.05, 0.1) is 5.03 Å². The van der Waals surface area contributed by atoms with Gasteiger partial charge in [0, 0.05) is 35.3 Å². The van der Waals surface area contributed by atoms with E-state index in [1.165, 1.54) is 11.8 Å². The summed E-state index contributed by atoms with van der Waals surface area (Å²) in [7, 11) is -4.08. The highest BCUT2D eigenvalue weighted by Gasteiger charge is 2.26. The molecule has 0 saturated heterocycles. The summed E-state index contributed by atoms with van der Waals surface area (Å²) in [5.41, 5.74) is 0. The van der Waals surface area contributed by atoms with Crippen molar-refractivity contribution < 1.29 is 38.9 Å². The maximum atomic E-state index is 12.1. The Hall–Kier alpha value is -2.33. The Morgan fingerprint density at radius 1 is 1.06 bits per heavy atom. The lowest BCUT2D eigenvalue weighted by molar-refractivity contribution is -0.142. The molecule has 1 aromatic carbocycles. The second-order valence-corrected chi connectivity index (χ2v) is 11.7. The molecule has 10 nitrogen and oxygen atoms in total.